The van der Waals surface area contributed by atoms with Crippen LogP contribution in [0.4, 0.5) is 11.4 Å². The number of likely N-dealkylation sites (N-methyl/N-ethyl adjacent to an activating group) is 1. The molecule has 1 saturated heterocycles. The number of benzene rings is 1. The average molecular weight is 345 g/mol. The third kappa shape index (κ3) is 3.48. The lowest BCUT2D eigenvalue weighted by molar-refractivity contribution is 0.347. The molecule has 0 atom stereocenters. The first kappa shape index (κ1) is 13.0. The van der Waals surface area contributed by atoms with Crippen molar-refractivity contribution >= 4 is 34.0 Å². The number of anilines is 2. The first-order valence-corrected chi connectivity index (χ1v) is 7.23. The number of hydrogen-bond donors (Lipinski definition) is 1. The fourth-order valence-electron chi connectivity index (χ4n) is 2.29. The summed E-state index contributed by atoms with van der Waals surface area (Å²) in [6.45, 7) is 4.71. The highest BCUT2D eigenvalue weighted by Crippen LogP contribution is 2.24. The van der Waals surface area contributed by atoms with Crippen molar-refractivity contribution in [2.24, 2.45) is 0 Å². The lowest BCUT2D eigenvalue weighted by Crippen LogP contribution is -2.31. The van der Waals surface area contributed by atoms with Crippen LogP contribution in [0.2, 0.25) is 0 Å². The summed E-state index contributed by atoms with van der Waals surface area (Å²) in [5, 5.41) is 0. The Kier molecular flexibility index (Phi) is 4.50. The van der Waals surface area contributed by atoms with E-state index in [1.807, 2.05) is 6.07 Å². The Morgan fingerprint density at radius 2 is 2.06 bits per heavy atom. The third-order valence-corrected chi connectivity index (χ3v) is 4.02. The standard InChI is InChI=1S/C13H20IN3/c1-16(8-9-17-6-2-3-7-17)13-5-4-11(14)10-12(13)15/h4-5,10H,2-3,6-9,15H2,1H3. The molecule has 94 valence electrons. The molecule has 0 spiro atoms. The Hall–Kier alpha value is -0.490. The summed E-state index contributed by atoms with van der Waals surface area (Å²) in [6.07, 6.45) is 2.71. The third-order valence-electron chi connectivity index (χ3n) is 3.35. The van der Waals surface area contributed by atoms with Gasteiger partial charge in [-0.3, -0.25) is 0 Å². The molecule has 1 aliphatic rings. The zero-order chi connectivity index (χ0) is 12.3. The molecule has 0 saturated carbocycles. The Morgan fingerprint density at radius 1 is 1.35 bits per heavy atom. The monoisotopic (exact) mass is 345 g/mol. The van der Waals surface area contributed by atoms with Crippen LogP contribution in [0.25, 0.3) is 0 Å². The highest BCUT2D eigenvalue weighted by Gasteiger charge is 2.12. The highest BCUT2D eigenvalue weighted by molar-refractivity contribution is 14.1. The van der Waals surface area contributed by atoms with Crippen LogP contribution < -0.4 is 10.6 Å². The fourth-order valence-corrected chi connectivity index (χ4v) is 2.81. The molecule has 3 nitrogen and oxygen atoms in total. The molecule has 0 aromatic heterocycles. The molecule has 0 amide bonds. The van der Waals surface area contributed by atoms with Crippen LogP contribution in [-0.4, -0.2) is 38.1 Å². The summed E-state index contributed by atoms with van der Waals surface area (Å²) in [5.41, 5.74) is 8.06. The Morgan fingerprint density at radius 3 is 2.71 bits per heavy atom. The van der Waals surface area contributed by atoms with E-state index in [0.29, 0.717) is 0 Å². The van der Waals surface area contributed by atoms with Crippen molar-refractivity contribution in [3.63, 3.8) is 0 Å². The van der Waals surface area contributed by atoms with E-state index in [4.69, 9.17) is 5.73 Å². The first-order chi connectivity index (χ1) is 8.16. The summed E-state index contributed by atoms with van der Waals surface area (Å²) in [6, 6.07) is 6.25. The maximum absolute atomic E-state index is 6.05. The van der Waals surface area contributed by atoms with Crippen LogP contribution in [-0.2, 0) is 0 Å². The van der Waals surface area contributed by atoms with Gasteiger partial charge >= 0.3 is 0 Å². The maximum atomic E-state index is 6.05. The van der Waals surface area contributed by atoms with Crippen molar-refractivity contribution in [3.8, 4) is 0 Å². The predicted octanol–water partition coefficient (Wildman–Crippen LogP) is 2.41. The average Bonchev–Trinajstić information content (AvgIpc) is 2.78. The molecule has 0 aliphatic carbocycles. The number of likely N-dealkylation sites (tertiary alicyclic amines) is 1. The van der Waals surface area contributed by atoms with Crippen molar-refractivity contribution in [2.45, 2.75) is 12.8 Å². The van der Waals surface area contributed by atoms with Gasteiger partial charge < -0.3 is 15.5 Å². The molecule has 0 bridgehead atoms. The number of nitrogens with two attached hydrogens (primary N) is 1. The molecule has 1 aromatic carbocycles. The summed E-state index contributed by atoms with van der Waals surface area (Å²) < 4.78 is 1.19. The van der Waals surface area contributed by atoms with Gasteiger partial charge in [0.1, 0.15) is 0 Å². The van der Waals surface area contributed by atoms with Crippen molar-refractivity contribution in [3.05, 3.63) is 21.8 Å². The largest absolute Gasteiger partial charge is 0.397 e. The van der Waals surface area contributed by atoms with E-state index in [1.165, 1.54) is 29.5 Å². The molecule has 2 N–H and O–H groups in total. The lowest BCUT2D eigenvalue weighted by Gasteiger charge is -2.24. The van der Waals surface area contributed by atoms with Crippen LogP contribution in [0.1, 0.15) is 12.8 Å². The number of nitrogen functional groups attached to an aromatic ring is 1. The van der Waals surface area contributed by atoms with Gasteiger partial charge in [-0.05, 0) is 66.7 Å². The molecule has 1 aliphatic heterocycles. The molecule has 0 radical (unpaired) electrons. The Labute approximate surface area is 117 Å². The van der Waals surface area contributed by atoms with Gasteiger partial charge in [-0.25, -0.2) is 0 Å². The minimum absolute atomic E-state index is 0.876. The van der Waals surface area contributed by atoms with E-state index < -0.39 is 0 Å². The predicted molar refractivity (Wildman–Crippen MR) is 82.5 cm³/mol. The Balaban J connectivity index is 1.91. The van der Waals surface area contributed by atoms with E-state index in [2.05, 4.69) is 51.6 Å². The molecule has 1 heterocycles. The van der Waals surface area contributed by atoms with Gasteiger partial charge in [0.2, 0.25) is 0 Å². The second kappa shape index (κ2) is 5.91. The molecule has 1 fully saturated rings. The molecule has 4 heteroatoms. The van der Waals surface area contributed by atoms with E-state index in [1.54, 1.807) is 0 Å². The van der Waals surface area contributed by atoms with Crippen molar-refractivity contribution in [1.82, 2.24) is 4.90 Å². The molecule has 0 unspecified atom stereocenters. The topological polar surface area (TPSA) is 32.5 Å². The van der Waals surface area contributed by atoms with Crippen LogP contribution in [0.15, 0.2) is 18.2 Å². The zero-order valence-corrected chi connectivity index (χ0v) is 12.5. The fraction of sp³-hybridized carbons (Fsp3) is 0.538. The van der Waals surface area contributed by atoms with E-state index in [9.17, 15) is 0 Å². The zero-order valence-electron chi connectivity index (χ0n) is 10.3. The summed E-state index contributed by atoms with van der Waals surface area (Å²) in [5.74, 6) is 0. The molecule has 2 rings (SSSR count). The summed E-state index contributed by atoms with van der Waals surface area (Å²) in [4.78, 5) is 4.78. The number of nitrogens with zero attached hydrogens (tertiary/aromatic N) is 2. The van der Waals surface area contributed by atoms with Gasteiger partial charge in [0.25, 0.3) is 0 Å². The van der Waals surface area contributed by atoms with Crippen molar-refractivity contribution in [1.29, 1.82) is 0 Å². The van der Waals surface area contributed by atoms with Crippen LogP contribution in [0, 0.1) is 3.57 Å². The molecule has 17 heavy (non-hydrogen) atoms. The lowest BCUT2D eigenvalue weighted by atomic mass is 10.2. The summed E-state index contributed by atoms with van der Waals surface area (Å²) in [7, 11) is 2.12. The second-order valence-corrected chi connectivity index (χ2v) is 5.92. The quantitative estimate of drug-likeness (QED) is 0.672. The van der Waals surface area contributed by atoms with E-state index >= 15 is 0 Å². The van der Waals surface area contributed by atoms with E-state index in [-0.39, 0.29) is 0 Å². The minimum atomic E-state index is 0.876. The van der Waals surface area contributed by atoms with Crippen LogP contribution >= 0.6 is 22.6 Å². The molecule has 1 aromatic rings. The normalized spacial score (nSPS) is 16.4. The van der Waals surface area contributed by atoms with Gasteiger partial charge in [0, 0.05) is 23.7 Å². The number of rotatable bonds is 4. The van der Waals surface area contributed by atoms with Crippen molar-refractivity contribution < 1.29 is 0 Å². The van der Waals surface area contributed by atoms with E-state index in [0.717, 1.165) is 24.5 Å². The second-order valence-electron chi connectivity index (χ2n) is 4.67. The first-order valence-electron chi connectivity index (χ1n) is 6.15. The molecular weight excluding hydrogens is 325 g/mol. The molecular formula is C13H20IN3. The number of hydrogen-bond acceptors (Lipinski definition) is 3. The highest BCUT2D eigenvalue weighted by atomic mass is 127. The van der Waals surface area contributed by atoms with Crippen molar-refractivity contribution in [2.75, 3.05) is 43.9 Å². The van der Waals surface area contributed by atoms with Gasteiger partial charge in [-0.2, -0.15) is 0 Å². The summed E-state index contributed by atoms with van der Waals surface area (Å²) >= 11 is 2.29. The van der Waals surface area contributed by atoms with Gasteiger partial charge in [0.15, 0.2) is 0 Å². The minimum Gasteiger partial charge on any atom is -0.397 e. The van der Waals surface area contributed by atoms with Crippen LogP contribution in [0.3, 0.4) is 0 Å². The van der Waals surface area contributed by atoms with Gasteiger partial charge in [-0.1, -0.05) is 0 Å². The van der Waals surface area contributed by atoms with Crippen LogP contribution in [0.5, 0.6) is 0 Å². The smallest absolute Gasteiger partial charge is 0.0598 e. The van der Waals surface area contributed by atoms with Gasteiger partial charge in [0.05, 0.1) is 11.4 Å². The van der Waals surface area contributed by atoms with Gasteiger partial charge in [-0.15, -0.1) is 0 Å². The SMILES string of the molecule is CN(CCN1CCCC1)c1ccc(I)cc1N. The maximum Gasteiger partial charge on any atom is 0.0598 e. The number of halogens is 1. The Bertz CT molecular complexity index is 375.